The van der Waals surface area contributed by atoms with E-state index in [0.29, 0.717) is 21.3 Å². The predicted octanol–water partition coefficient (Wildman–Crippen LogP) is 4.40. The second kappa shape index (κ2) is 7.35. The molecule has 1 unspecified atom stereocenters. The molecule has 3 N–H and O–H groups in total. The quantitative estimate of drug-likeness (QED) is 0.722. The molecule has 0 radical (unpaired) electrons. The average molecular weight is 394 g/mol. The maximum absolute atomic E-state index is 13.9. The number of para-hydroxylation sites is 1. The zero-order valence-electron chi connectivity index (χ0n) is 13.6. The van der Waals surface area contributed by atoms with Crippen LogP contribution in [0, 0.1) is 5.82 Å². The van der Waals surface area contributed by atoms with E-state index in [-0.39, 0.29) is 11.3 Å². The molecule has 3 amide bonds. The number of hydrogen-bond donors (Lipinski definition) is 3. The standard InChI is InChI=1S/C18H14Cl2FN3O2/c1-9-15(17(25)23-14-5-3-2-4-13(14)21)16(24-18(26)22-9)11-7-6-10(19)8-12(11)20/h2-8,16H,1H3,(H,23,25)(H2,22,24,26). The zero-order chi connectivity index (χ0) is 18.8. The van der Waals surface area contributed by atoms with E-state index >= 15 is 0 Å². The van der Waals surface area contributed by atoms with Gasteiger partial charge in [-0.2, -0.15) is 0 Å². The third-order valence-electron chi connectivity index (χ3n) is 3.91. The van der Waals surface area contributed by atoms with Gasteiger partial charge in [0.1, 0.15) is 5.82 Å². The third kappa shape index (κ3) is 3.66. The molecule has 5 nitrogen and oxygen atoms in total. The maximum atomic E-state index is 13.9. The topological polar surface area (TPSA) is 70.2 Å². The van der Waals surface area contributed by atoms with Crippen molar-refractivity contribution in [1.82, 2.24) is 10.6 Å². The largest absolute Gasteiger partial charge is 0.327 e. The first kappa shape index (κ1) is 18.2. The molecule has 8 heteroatoms. The lowest BCUT2D eigenvalue weighted by molar-refractivity contribution is -0.113. The molecule has 1 heterocycles. The molecule has 0 spiro atoms. The third-order valence-corrected chi connectivity index (χ3v) is 4.47. The summed E-state index contributed by atoms with van der Waals surface area (Å²) in [4.78, 5) is 24.7. The van der Waals surface area contributed by atoms with Crippen molar-refractivity contribution in [1.29, 1.82) is 0 Å². The fourth-order valence-electron chi connectivity index (χ4n) is 2.72. The Kier molecular flexibility index (Phi) is 5.15. The molecule has 0 aromatic heterocycles. The molecule has 2 aromatic rings. The van der Waals surface area contributed by atoms with Crippen molar-refractivity contribution in [3.63, 3.8) is 0 Å². The highest BCUT2D eigenvalue weighted by atomic mass is 35.5. The zero-order valence-corrected chi connectivity index (χ0v) is 15.1. The molecule has 0 saturated carbocycles. The predicted molar refractivity (Wildman–Crippen MR) is 98.6 cm³/mol. The summed E-state index contributed by atoms with van der Waals surface area (Å²) in [6, 6.07) is 9.30. The van der Waals surface area contributed by atoms with Crippen molar-refractivity contribution >= 4 is 40.8 Å². The van der Waals surface area contributed by atoms with Gasteiger partial charge < -0.3 is 16.0 Å². The van der Waals surface area contributed by atoms with Crippen LogP contribution in [0.25, 0.3) is 0 Å². The van der Waals surface area contributed by atoms with Crippen LogP contribution in [0.1, 0.15) is 18.5 Å². The monoisotopic (exact) mass is 393 g/mol. The Bertz CT molecular complexity index is 930. The number of urea groups is 1. The van der Waals surface area contributed by atoms with Crippen LogP contribution in [0.3, 0.4) is 0 Å². The van der Waals surface area contributed by atoms with Gasteiger partial charge in [0.2, 0.25) is 0 Å². The SMILES string of the molecule is CC1=C(C(=O)Nc2ccccc2F)C(c2ccc(Cl)cc2Cl)NC(=O)N1. The number of benzene rings is 2. The van der Waals surface area contributed by atoms with Gasteiger partial charge in [-0.1, -0.05) is 41.4 Å². The second-order valence-electron chi connectivity index (χ2n) is 5.67. The molecular weight excluding hydrogens is 380 g/mol. The molecule has 3 rings (SSSR count). The van der Waals surface area contributed by atoms with Crippen LogP contribution < -0.4 is 16.0 Å². The minimum Gasteiger partial charge on any atom is -0.327 e. The van der Waals surface area contributed by atoms with Crippen molar-refractivity contribution in [2.75, 3.05) is 5.32 Å². The van der Waals surface area contributed by atoms with Crippen LogP contribution in [-0.4, -0.2) is 11.9 Å². The molecule has 0 aliphatic carbocycles. The van der Waals surface area contributed by atoms with Crippen molar-refractivity contribution < 1.29 is 14.0 Å². The Hall–Kier alpha value is -2.57. The maximum Gasteiger partial charge on any atom is 0.319 e. The molecule has 1 atom stereocenters. The number of amides is 3. The van der Waals surface area contributed by atoms with E-state index in [1.807, 2.05) is 0 Å². The minimum atomic E-state index is -0.805. The number of carbonyl (C=O) groups excluding carboxylic acids is 2. The van der Waals surface area contributed by atoms with E-state index in [4.69, 9.17) is 23.2 Å². The van der Waals surface area contributed by atoms with Crippen LogP contribution in [0.4, 0.5) is 14.9 Å². The minimum absolute atomic E-state index is 0.0376. The average Bonchev–Trinajstić information content (AvgIpc) is 2.56. The molecule has 0 saturated heterocycles. The second-order valence-corrected chi connectivity index (χ2v) is 6.51. The van der Waals surface area contributed by atoms with Crippen LogP contribution in [0.15, 0.2) is 53.7 Å². The van der Waals surface area contributed by atoms with Crippen molar-refractivity contribution in [2.45, 2.75) is 13.0 Å². The van der Waals surface area contributed by atoms with E-state index in [0.717, 1.165) is 0 Å². The lowest BCUT2D eigenvalue weighted by Gasteiger charge is -2.29. The van der Waals surface area contributed by atoms with Crippen molar-refractivity contribution in [3.05, 3.63) is 75.2 Å². The van der Waals surface area contributed by atoms with Gasteiger partial charge in [-0.3, -0.25) is 4.79 Å². The highest BCUT2D eigenvalue weighted by Crippen LogP contribution is 2.33. The Labute approximate surface area is 159 Å². The van der Waals surface area contributed by atoms with Gasteiger partial charge in [0, 0.05) is 15.7 Å². The summed E-state index contributed by atoms with van der Waals surface area (Å²) in [7, 11) is 0. The molecular formula is C18H14Cl2FN3O2. The van der Waals surface area contributed by atoms with Crippen LogP contribution >= 0.6 is 23.2 Å². The summed E-state index contributed by atoms with van der Waals surface area (Å²) < 4.78 is 13.9. The summed E-state index contributed by atoms with van der Waals surface area (Å²) in [6.45, 7) is 1.59. The first-order valence-electron chi connectivity index (χ1n) is 7.66. The van der Waals surface area contributed by atoms with Gasteiger partial charge in [-0.25, -0.2) is 9.18 Å². The number of anilines is 1. The fraction of sp³-hybridized carbons (Fsp3) is 0.111. The van der Waals surface area contributed by atoms with Gasteiger partial charge in [-0.15, -0.1) is 0 Å². The number of rotatable bonds is 3. The first-order valence-corrected chi connectivity index (χ1v) is 8.41. The first-order chi connectivity index (χ1) is 12.4. The number of halogens is 3. The summed E-state index contributed by atoms with van der Waals surface area (Å²) in [5, 5.41) is 8.46. The summed E-state index contributed by atoms with van der Waals surface area (Å²) >= 11 is 12.2. The Morgan fingerprint density at radius 1 is 1.19 bits per heavy atom. The van der Waals surface area contributed by atoms with Crippen LogP contribution in [0.5, 0.6) is 0 Å². The van der Waals surface area contributed by atoms with Gasteiger partial charge in [0.25, 0.3) is 5.91 Å². The van der Waals surface area contributed by atoms with Gasteiger partial charge in [0.15, 0.2) is 0 Å². The molecule has 2 aromatic carbocycles. The normalized spacial score (nSPS) is 16.8. The lowest BCUT2D eigenvalue weighted by Crippen LogP contribution is -2.46. The fourth-order valence-corrected chi connectivity index (χ4v) is 3.23. The molecule has 1 aliphatic rings. The van der Waals surface area contributed by atoms with Crippen LogP contribution in [-0.2, 0) is 4.79 Å². The molecule has 1 aliphatic heterocycles. The number of allylic oxidation sites excluding steroid dienone is 1. The number of carbonyl (C=O) groups is 2. The molecule has 134 valence electrons. The number of hydrogen-bond acceptors (Lipinski definition) is 2. The summed E-state index contributed by atoms with van der Waals surface area (Å²) in [5.74, 6) is -1.12. The summed E-state index contributed by atoms with van der Waals surface area (Å²) in [5.41, 5.74) is 1.11. The molecule has 0 fully saturated rings. The highest BCUT2D eigenvalue weighted by molar-refractivity contribution is 6.35. The van der Waals surface area contributed by atoms with Gasteiger partial charge in [-0.05, 0) is 36.8 Å². The van der Waals surface area contributed by atoms with Crippen molar-refractivity contribution in [3.8, 4) is 0 Å². The molecule has 26 heavy (non-hydrogen) atoms. The smallest absolute Gasteiger partial charge is 0.319 e. The van der Waals surface area contributed by atoms with Crippen molar-refractivity contribution in [2.24, 2.45) is 0 Å². The van der Waals surface area contributed by atoms with E-state index in [1.54, 1.807) is 25.1 Å². The molecule has 0 bridgehead atoms. The Balaban J connectivity index is 2.00. The Morgan fingerprint density at radius 3 is 2.62 bits per heavy atom. The van der Waals surface area contributed by atoms with E-state index < -0.39 is 23.8 Å². The van der Waals surface area contributed by atoms with E-state index in [1.165, 1.54) is 24.3 Å². The van der Waals surface area contributed by atoms with E-state index in [9.17, 15) is 14.0 Å². The van der Waals surface area contributed by atoms with Gasteiger partial charge >= 0.3 is 6.03 Å². The van der Waals surface area contributed by atoms with E-state index in [2.05, 4.69) is 16.0 Å². The van der Waals surface area contributed by atoms with Gasteiger partial charge in [0.05, 0.1) is 17.3 Å². The number of nitrogens with one attached hydrogen (secondary N) is 3. The summed E-state index contributed by atoms with van der Waals surface area (Å²) in [6.07, 6.45) is 0. The lowest BCUT2D eigenvalue weighted by atomic mass is 9.94. The Morgan fingerprint density at radius 2 is 1.92 bits per heavy atom. The van der Waals surface area contributed by atoms with Crippen LogP contribution in [0.2, 0.25) is 10.0 Å². The highest BCUT2D eigenvalue weighted by Gasteiger charge is 2.32.